The van der Waals surface area contributed by atoms with E-state index in [-0.39, 0.29) is 24.3 Å². The number of rotatable bonds is 5. The molecule has 2 aromatic carbocycles. The Morgan fingerprint density at radius 2 is 1.42 bits per heavy atom. The van der Waals surface area contributed by atoms with Crippen LogP contribution in [0.3, 0.4) is 0 Å². The van der Waals surface area contributed by atoms with E-state index in [1.165, 1.54) is 24.2 Å². The minimum absolute atomic E-state index is 0.0915. The number of aliphatic hydroxyl groups excluding tert-OH is 1. The first-order chi connectivity index (χ1) is 16.2. The maximum atomic E-state index is 13.7. The number of likely N-dealkylation sites (tertiary alicyclic amines) is 1. The Labute approximate surface area is 195 Å². The molecule has 0 spiro atoms. The van der Waals surface area contributed by atoms with Gasteiger partial charge in [-0.25, -0.2) is 4.90 Å². The van der Waals surface area contributed by atoms with Crippen LogP contribution in [0.2, 0.25) is 0 Å². The van der Waals surface area contributed by atoms with Gasteiger partial charge in [0.25, 0.3) is 11.8 Å². The number of carbonyl (C=O) groups is 2. The summed E-state index contributed by atoms with van der Waals surface area (Å²) in [5.74, 6) is -0.440. The lowest BCUT2D eigenvalue weighted by molar-refractivity contribution is -0.120. The Bertz CT molecular complexity index is 1040. The third kappa shape index (κ3) is 4.15. The number of anilines is 2. The van der Waals surface area contributed by atoms with Crippen molar-refractivity contribution in [3.63, 3.8) is 0 Å². The number of hydrogen-bond acceptors (Lipinski definition) is 5. The second-order valence-corrected chi connectivity index (χ2v) is 9.24. The van der Waals surface area contributed by atoms with E-state index in [1.807, 2.05) is 59.5 Å². The van der Waals surface area contributed by atoms with Gasteiger partial charge in [0.2, 0.25) is 0 Å². The zero-order valence-electron chi connectivity index (χ0n) is 18.9. The molecule has 2 fully saturated rings. The maximum absolute atomic E-state index is 13.7. The topological polar surface area (TPSA) is 64.1 Å². The fourth-order valence-corrected chi connectivity index (χ4v) is 5.29. The van der Waals surface area contributed by atoms with Gasteiger partial charge in [-0.3, -0.25) is 9.59 Å². The monoisotopic (exact) mass is 445 g/mol. The number of carbonyl (C=O) groups excluding carboxylic acids is 2. The zero-order chi connectivity index (χ0) is 22.8. The minimum Gasteiger partial charge on any atom is -0.396 e. The van der Waals surface area contributed by atoms with Crippen molar-refractivity contribution in [2.75, 3.05) is 42.6 Å². The van der Waals surface area contributed by atoms with Crippen LogP contribution in [0.4, 0.5) is 11.4 Å². The van der Waals surface area contributed by atoms with Crippen LogP contribution < -0.4 is 9.80 Å². The minimum atomic E-state index is -0.280. The van der Waals surface area contributed by atoms with E-state index in [0.717, 1.165) is 37.2 Å². The van der Waals surface area contributed by atoms with Crippen LogP contribution in [0.15, 0.2) is 60.3 Å². The van der Waals surface area contributed by atoms with E-state index >= 15 is 0 Å². The predicted octanol–water partition coefficient (Wildman–Crippen LogP) is 3.67. The van der Waals surface area contributed by atoms with Crippen molar-refractivity contribution in [1.29, 1.82) is 0 Å². The second kappa shape index (κ2) is 9.40. The third-order valence-electron chi connectivity index (χ3n) is 7.04. The van der Waals surface area contributed by atoms with Crippen LogP contribution in [0.1, 0.15) is 37.7 Å². The van der Waals surface area contributed by atoms with Crippen molar-refractivity contribution >= 4 is 28.8 Å². The number of hydrogen-bond donors (Lipinski definition) is 1. The highest BCUT2D eigenvalue weighted by Gasteiger charge is 2.43. The first kappa shape index (κ1) is 21.7. The molecule has 0 aliphatic carbocycles. The summed E-state index contributed by atoms with van der Waals surface area (Å²) in [4.78, 5) is 33.1. The molecule has 0 saturated carbocycles. The summed E-state index contributed by atoms with van der Waals surface area (Å²) in [6.45, 7) is 3.48. The Kier molecular flexibility index (Phi) is 6.18. The molecule has 1 atom stereocenters. The van der Waals surface area contributed by atoms with Gasteiger partial charge in [0.1, 0.15) is 5.70 Å². The first-order valence-electron chi connectivity index (χ1n) is 12.1. The molecule has 2 aromatic rings. The molecular weight excluding hydrogens is 414 g/mol. The Morgan fingerprint density at radius 1 is 0.758 bits per heavy atom. The molecular formula is C27H31N3O3. The van der Waals surface area contributed by atoms with Crippen LogP contribution in [-0.2, 0) is 9.59 Å². The van der Waals surface area contributed by atoms with Gasteiger partial charge in [-0.2, -0.15) is 0 Å². The van der Waals surface area contributed by atoms with E-state index in [4.69, 9.17) is 0 Å². The third-order valence-corrected chi connectivity index (χ3v) is 7.04. The van der Waals surface area contributed by atoms with E-state index < -0.39 is 0 Å². The normalized spacial score (nSPS) is 21.8. The molecule has 3 aliphatic heterocycles. The molecule has 6 nitrogen and oxygen atoms in total. The average molecular weight is 446 g/mol. The molecule has 6 heteroatoms. The number of nitrogens with zero attached hydrogens (tertiary/aromatic N) is 3. The molecule has 2 amide bonds. The highest BCUT2D eigenvalue weighted by Crippen LogP contribution is 2.37. The molecule has 3 heterocycles. The largest absolute Gasteiger partial charge is 0.396 e. The van der Waals surface area contributed by atoms with Crippen LogP contribution in [-0.4, -0.2) is 54.6 Å². The lowest BCUT2D eigenvalue weighted by atomic mass is 9.97. The summed E-state index contributed by atoms with van der Waals surface area (Å²) >= 11 is 0. The van der Waals surface area contributed by atoms with Gasteiger partial charge in [-0.15, -0.1) is 0 Å². The molecule has 33 heavy (non-hydrogen) atoms. The van der Waals surface area contributed by atoms with Crippen molar-refractivity contribution in [2.45, 2.75) is 32.1 Å². The van der Waals surface area contributed by atoms with Gasteiger partial charge >= 0.3 is 0 Å². The summed E-state index contributed by atoms with van der Waals surface area (Å²) in [5, 5.41) is 9.71. The summed E-state index contributed by atoms with van der Waals surface area (Å²) in [6.07, 6.45) is 5.50. The number of imide groups is 1. The Balaban J connectivity index is 1.48. The number of piperidine rings is 2. The van der Waals surface area contributed by atoms with Crippen molar-refractivity contribution in [2.24, 2.45) is 5.92 Å². The molecule has 1 N–H and O–H groups in total. The highest BCUT2D eigenvalue weighted by molar-refractivity contribution is 6.45. The van der Waals surface area contributed by atoms with Gasteiger partial charge in [-0.1, -0.05) is 30.3 Å². The molecule has 3 aliphatic rings. The van der Waals surface area contributed by atoms with E-state index in [2.05, 4.69) is 4.90 Å². The summed E-state index contributed by atoms with van der Waals surface area (Å²) < 4.78 is 0. The highest BCUT2D eigenvalue weighted by atomic mass is 16.3. The maximum Gasteiger partial charge on any atom is 0.282 e. The predicted molar refractivity (Wildman–Crippen MR) is 130 cm³/mol. The van der Waals surface area contributed by atoms with Crippen LogP contribution in [0.5, 0.6) is 0 Å². The van der Waals surface area contributed by atoms with Gasteiger partial charge < -0.3 is 14.9 Å². The smallest absolute Gasteiger partial charge is 0.282 e. The standard InChI is InChI=1S/C27H31N3O3/c31-19-20-8-7-17-29(18-20)25-24(21-9-3-1-4-10-21)26(32)30(27(25)33)23-13-11-22(12-14-23)28-15-5-2-6-16-28/h1,3-4,9-14,20,31H,2,5-8,15-19H2. The van der Waals surface area contributed by atoms with Crippen LogP contribution in [0.25, 0.3) is 5.57 Å². The zero-order valence-corrected chi connectivity index (χ0v) is 18.9. The van der Waals surface area contributed by atoms with Gasteiger partial charge in [0, 0.05) is 38.5 Å². The Morgan fingerprint density at radius 3 is 2.12 bits per heavy atom. The Hall–Kier alpha value is -3.12. The molecule has 0 bridgehead atoms. The summed E-state index contributed by atoms with van der Waals surface area (Å²) in [6, 6.07) is 17.3. The quantitative estimate of drug-likeness (QED) is 0.712. The summed E-state index contributed by atoms with van der Waals surface area (Å²) in [7, 11) is 0. The number of aliphatic hydroxyl groups is 1. The SMILES string of the molecule is O=C1C(c2ccccc2)=C(N2CCCC(CO)C2)C(=O)N1c1ccc(N2CCCCC2)cc1. The molecule has 0 radical (unpaired) electrons. The lowest BCUT2D eigenvalue weighted by Crippen LogP contribution is -2.40. The summed E-state index contributed by atoms with van der Waals surface area (Å²) in [5.41, 5.74) is 3.41. The molecule has 2 saturated heterocycles. The van der Waals surface area contributed by atoms with Gasteiger partial charge in [0.15, 0.2) is 0 Å². The van der Waals surface area contributed by atoms with Crippen molar-refractivity contribution in [3.8, 4) is 0 Å². The molecule has 172 valence electrons. The lowest BCUT2D eigenvalue weighted by Gasteiger charge is -2.34. The van der Waals surface area contributed by atoms with Crippen molar-refractivity contribution in [3.05, 3.63) is 65.9 Å². The van der Waals surface area contributed by atoms with Crippen LogP contribution >= 0.6 is 0 Å². The van der Waals surface area contributed by atoms with Crippen LogP contribution in [0, 0.1) is 5.92 Å². The first-order valence-corrected chi connectivity index (χ1v) is 12.1. The van der Waals surface area contributed by atoms with E-state index in [0.29, 0.717) is 30.0 Å². The molecule has 0 aromatic heterocycles. The van der Waals surface area contributed by atoms with Gasteiger partial charge in [-0.05, 0) is 67.9 Å². The van der Waals surface area contributed by atoms with Crippen molar-refractivity contribution in [1.82, 2.24) is 4.90 Å². The van der Waals surface area contributed by atoms with E-state index in [9.17, 15) is 14.7 Å². The van der Waals surface area contributed by atoms with Gasteiger partial charge in [0.05, 0.1) is 11.3 Å². The molecule has 1 unspecified atom stereocenters. The second-order valence-electron chi connectivity index (χ2n) is 9.24. The molecule has 5 rings (SSSR count). The average Bonchev–Trinajstić information content (AvgIpc) is 3.15. The van der Waals surface area contributed by atoms with E-state index in [1.54, 1.807) is 0 Å². The fourth-order valence-electron chi connectivity index (χ4n) is 5.29. The van der Waals surface area contributed by atoms with Crippen molar-refractivity contribution < 1.29 is 14.7 Å². The number of benzene rings is 2. The number of amides is 2. The fraction of sp³-hybridized carbons (Fsp3) is 0.407.